The summed E-state index contributed by atoms with van der Waals surface area (Å²) in [5.41, 5.74) is 2.27. The Kier molecular flexibility index (Phi) is 5.69. The Morgan fingerprint density at radius 2 is 2.16 bits per heavy atom. The molecule has 3 aromatic rings. The second kappa shape index (κ2) is 8.43. The van der Waals surface area contributed by atoms with Crippen LogP contribution in [0.3, 0.4) is 0 Å². The molecule has 1 saturated heterocycles. The number of fused-ring (bicyclic) bond motifs is 1. The number of aryl methyl sites for hydroxylation is 1. The zero-order chi connectivity index (χ0) is 22.1. The van der Waals surface area contributed by atoms with Crippen molar-refractivity contribution >= 4 is 16.8 Å². The topological polar surface area (TPSA) is 100 Å². The van der Waals surface area contributed by atoms with Crippen molar-refractivity contribution in [1.82, 2.24) is 25.2 Å². The summed E-state index contributed by atoms with van der Waals surface area (Å²) in [6.45, 7) is 5.18. The van der Waals surface area contributed by atoms with Gasteiger partial charge in [-0.05, 0) is 37.6 Å². The van der Waals surface area contributed by atoms with Crippen LogP contribution in [0, 0.1) is 5.95 Å². The number of carbonyl (C=O) groups excluding carboxylic acids is 1. The van der Waals surface area contributed by atoms with E-state index in [1.807, 2.05) is 26.0 Å². The quantitative estimate of drug-likeness (QED) is 0.588. The van der Waals surface area contributed by atoms with Gasteiger partial charge in [0.15, 0.2) is 5.75 Å². The van der Waals surface area contributed by atoms with Crippen LogP contribution in [0.15, 0.2) is 35.3 Å². The van der Waals surface area contributed by atoms with Gasteiger partial charge in [0.2, 0.25) is 0 Å². The number of aromatic amines is 1. The fourth-order valence-corrected chi connectivity index (χ4v) is 3.64. The van der Waals surface area contributed by atoms with Crippen molar-refractivity contribution in [3.63, 3.8) is 0 Å². The van der Waals surface area contributed by atoms with Gasteiger partial charge in [0.05, 0.1) is 11.2 Å². The maximum Gasteiger partial charge on any atom is 0.269 e. The molecule has 4 rings (SSSR count). The number of H-pyrrole nitrogens is 1. The fourth-order valence-electron chi connectivity index (χ4n) is 3.64. The predicted octanol–water partition coefficient (Wildman–Crippen LogP) is 2.20. The summed E-state index contributed by atoms with van der Waals surface area (Å²) < 4.78 is 19.9. The van der Waals surface area contributed by atoms with Crippen molar-refractivity contribution in [2.75, 3.05) is 20.1 Å². The molecule has 0 bridgehead atoms. The normalized spacial score (nSPS) is 15.5. The highest BCUT2D eigenvalue weighted by Crippen LogP contribution is 2.28. The number of carbonyl (C=O) groups is 1. The smallest absolute Gasteiger partial charge is 0.269 e. The van der Waals surface area contributed by atoms with Gasteiger partial charge < -0.3 is 15.0 Å². The van der Waals surface area contributed by atoms with Gasteiger partial charge in [0.25, 0.3) is 17.4 Å². The first-order valence-electron chi connectivity index (χ1n) is 10.2. The first kappa shape index (κ1) is 20.9. The summed E-state index contributed by atoms with van der Waals surface area (Å²) in [4.78, 5) is 36.9. The summed E-state index contributed by atoms with van der Waals surface area (Å²) in [5, 5.41) is 3.31. The Bertz CT molecular complexity index is 1190. The van der Waals surface area contributed by atoms with Crippen molar-refractivity contribution in [1.29, 1.82) is 0 Å². The minimum absolute atomic E-state index is 0.00249. The number of amides is 1. The maximum absolute atomic E-state index is 14.2. The largest absolute Gasteiger partial charge is 0.483 e. The Labute approximate surface area is 178 Å². The number of pyridine rings is 3. The molecule has 9 heteroatoms. The van der Waals surface area contributed by atoms with Gasteiger partial charge in [-0.3, -0.25) is 19.5 Å². The summed E-state index contributed by atoms with van der Waals surface area (Å²) in [5.74, 6) is -1.23. The molecule has 1 aliphatic heterocycles. The molecular formula is C22H24FN5O3. The average Bonchev–Trinajstić information content (AvgIpc) is 2.74. The van der Waals surface area contributed by atoms with Crippen LogP contribution in [-0.2, 0) is 6.42 Å². The molecule has 0 spiro atoms. The van der Waals surface area contributed by atoms with E-state index in [9.17, 15) is 14.0 Å². The summed E-state index contributed by atoms with van der Waals surface area (Å²) in [6.07, 6.45) is 2.26. The Hall–Kier alpha value is -3.33. The Morgan fingerprint density at radius 1 is 1.39 bits per heavy atom. The van der Waals surface area contributed by atoms with Crippen LogP contribution in [0.1, 0.15) is 41.6 Å². The molecule has 1 aliphatic rings. The second-order valence-electron chi connectivity index (χ2n) is 7.61. The molecule has 4 heterocycles. The van der Waals surface area contributed by atoms with Crippen LogP contribution >= 0.6 is 0 Å². The first-order chi connectivity index (χ1) is 14.9. The second-order valence-corrected chi connectivity index (χ2v) is 7.61. The maximum atomic E-state index is 14.2. The van der Waals surface area contributed by atoms with Crippen LogP contribution in [0.5, 0.6) is 5.75 Å². The van der Waals surface area contributed by atoms with Gasteiger partial charge in [-0.1, -0.05) is 6.92 Å². The van der Waals surface area contributed by atoms with Crippen LogP contribution in [-0.4, -0.2) is 52.0 Å². The standard InChI is InChI=1S/C22H24FN5O3/c1-4-13-7-14-9-25-17(8-18(14)27-21(13)29)12(2)28-10-15(11-28)31-19-6-5-16(22(30)24-3)26-20(19)23/h5-9,12,15H,4,10-11H2,1-3H3,(H,24,30)(H,27,29)/t12-/m0/s1. The van der Waals surface area contributed by atoms with E-state index in [2.05, 4.69) is 25.2 Å². The van der Waals surface area contributed by atoms with Crippen molar-refractivity contribution in [2.45, 2.75) is 32.4 Å². The molecule has 0 unspecified atom stereocenters. The highest BCUT2D eigenvalue weighted by molar-refractivity contribution is 5.92. The lowest BCUT2D eigenvalue weighted by Gasteiger charge is -2.42. The molecule has 8 nitrogen and oxygen atoms in total. The number of halogens is 1. The van der Waals surface area contributed by atoms with Crippen molar-refractivity contribution in [3.05, 3.63) is 63.7 Å². The summed E-state index contributed by atoms with van der Waals surface area (Å²) in [7, 11) is 1.46. The lowest BCUT2D eigenvalue weighted by Crippen LogP contribution is -2.54. The highest BCUT2D eigenvalue weighted by Gasteiger charge is 2.34. The monoisotopic (exact) mass is 425 g/mol. The lowest BCUT2D eigenvalue weighted by atomic mass is 10.0. The zero-order valence-corrected chi connectivity index (χ0v) is 17.6. The fraction of sp³-hybridized carbons (Fsp3) is 0.364. The third-order valence-corrected chi connectivity index (χ3v) is 5.63. The number of nitrogens with zero attached hydrogens (tertiary/aromatic N) is 3. The molecular weight excluding hydrogens is 401 g/mol. The van der Waals surface area contributed by atoms with E-state index in [-0.39, 0.29) is 29.1 Å². The average molecular weight is 425 g/mol. The van der Waals surface area contributed by atoms with Crippen molar-refractivity contribution in [3.8, 4) is 5.75 Å². The zero-order valence-electron chi connectivity index (χ0n) is 17.6. The van der Waals surface area contributed by atoms with Gasteiger partial charge >= 0.3 is 0 Å². The number of rotatable bonds is 6. The highest BCUT2D eigenvalue weighted by atomic mass is 19.1. The third-order valence-electron chi connectivity index (χ3n) is 5.63. The minimum atomic E-state index is -0.806. The molecule has 3 aromatic heterocycles. The molecule has 1 fully saturated rings. The van der Waals surface area contributed by atoms with Gasteiger partial charge in [-0.15, -0.1) is 0 Å². The van der Waals surface area contributed by atoms with E-state index >= 15 is 0 Å². The number of nitrogens with one attached hydrogen (secondary N) is 2. The molecule has 0 aromatic carbocycles. The van der Waals surface area contributed by atoms with E-state index < -0.39 is 11.9 Å². The Morgan fingerprint density at radius 3 is 2.84 bits per heavy atom. The van der Waals surface area contributed by atoms with E-state index in [1.54, 1.807) is 6.20 Å². The number of hydrogen-bond donors (Lipinski definition) is 2. The van der Waals surface area contributed by atoms with Crippen LogP contribution in [0.25, 0.3) is 10.9 Å². The molecule has 162 valence electrons. The number of aromatic nitrogens is 3. The number of ether oxygens (including phenoxy) is 1. The van der Waals surface area contributed by atoms with Gasteiger partial charge in [0, 0.05) is 43.3 Å². The van der Waals surface area contributed by atoms with E-state index in [4.69, 9.17) is 4.74 Å². The molecule has 2 N–H and O–H groups in total. The van der Waals surface area contributed by atoms with Crippen molar-refractivity contribution in [2.24, 2.45) is 0 Å². The van der Waals surface area contributed by atoms with Crippen LogP contribution in [0.4, 0.5) is 4.39 Å². The molecule has 0 radical (unpaired) electrons. The summed E-state index contributed by atoms with van der Waals surface area (Å²) >= 11 is 0. The number of likely N-dealkylation sites (tertiary alicyclic amines) is 1. The van der Waals surface area contributed by atoms with Gasteiger partial charge in [-0.2, -0.15) is 4.39 Å². The molecule has 0 aliphatic carbocycles. The number of hydrogen-bond acceptors (Lipinski definition) is 6. The van der Waals surface area contributed by atoms with Crippen LogP contribution < -0.4 is 15.6 Å². The molecule has 1 amide bonds. The molecule has 31 heavy (non-hydrogen) atoms. The Balaban J connectivity index is 1.41. The first-order valence-corrected chi connectivity index (χ1v) is 10.2. The van der Waals surface area contributed by atoms with Crippen molar-refractivity contribution < 1.29 is 13.9 Å². The van der Waals surface area contributed by atoms with E-state index in [1.165, 1.54) is 19.2 Å². The SMILES string of the molecule is CCc1cc2cnc([C@H](C)N3CC(Oc4ccc(C(=O)NC)nc4F)C3)cc2[nH]c1=O. The predicted molar refractivity (Wildman–Crippen MR) is 114 cm³/mol. The molecule has 1 atom stereocenters. The van der Waals surface area contributed by atoms with Gasteiger partial charge in [-0.25, -0.2) is 4.98 Å². The van der Waals surface area contributed by atoms with E-state index in [0.717, 1.165) is 22.2 Å². The minimum Gasteiger partial charge on any atom is -0.483 e. The van der Waals surface area contributed by atoms with Gasteiger partial charge in [0.1, 0.15) is 11.8 Å². The van der Waals surface area contributed by atoms with E-state index in [0.29, 0.717) is 19.5 Å². The van der Waals surface area contributed by atoms with Crippen LogP contribution in [0.2, 0.25) is 0 Å². The summed E-state index contributed by atoms with van der Waals surface area (Å²) in [6, 6.07) is 6.64. The molecule has 0 saturated carbocycles. The lowest BCUT2D eigenvalue weighted by molar-refractivity contribution is -0.00846. The third kappa shape index (κ3) is 4.13.